The first-order chi connectivity index (χ1) is 6.66. The van der Waals surface area contributed by atoms with Gasteiger partial charge in [0, 0.05) is 19.0 Å². The quantitative estimate of drug-likeness (QED) is 0.806. The number of hydrogen-bond acceptors (Lipinski definition) is 3. The first-order valence-corrected chi connectivity index (χ1v) is 5.37. The summed E-state index contributed by atoms with van der Waals surface area (Å²) in [6, 6.07) is 0.261. The van der Waals surface area contributed by atoms with Crippen LogP contribution in [0.1, 0.15) is 25.6 Å². The number of nitrogens with zero attached hydrogens (tertiary/aromatic N) is 3. The molecule has 0 aliphatic carbocycles. The van der Waals surface area contributed by atoms with Crippen LogP contribution in [0, 0.1) is 5.92 Å². The van der Waals surface area contributed by atoms with Gasteiger partial charge in [0.25, 0.3) is 0 Å². The van der Waals surface area contributed by atoms with Crippen molar-refractivity contribution in [1.29, 1.82) is 0 Å². The summed E-state index contributed by atoms with van der Waals surface area (Å²) in [5.74, 6) is 1.63. The molecule has 0 aromatic carbocycles. The van der Waals surface area contributed by atoms with Crippen LogP contribution in [-0.4, -0.2) is 20.8 Å². The van der Waals surface area contributed by atoms with E-state index >= 15 is 0 Å². The summed E-state index contributed by atoms with van der Waals surface area (Å²) in [6.07, 6.45) is 3.17. The lowest BCUT2D eigenvalue weighted by Crippen LogP contribution is -2.26. The third-order valence-electron chi connectivity index (χ3n) is 2.70. The first kappa shape index (κ1) is 9.93. The van der Waals surface area contributed by atoms with Crippen LogP contribution in [0.4, 0.5) is 0 Å². The van der Waals surface area contributed by atoms with Crippen molar-refractivity contribution in [1.82, 2.24) is 14.8 Å². The molecule has 1 aromatic heterocycles. The molecule has 2 rings (SSSR count). The van der Waals surface area contributed by atoms with Crippen molar-refractivity contribution in [3.63, 3.8) is 0 Å². The molecule has 1 aromatic rings. The number of fused-ring (bicyclic) bond motifs is 1. The average Bonchev–Trinajstić information content (AvgIpc) is 2.47. The fraction of sp³-hybridized carbons (Fsp3) is 0.778. The second kappa shape index (κ2) is 3.87. The molecular weight excluding hydrogens is 200 g/mol. The smallest absolute Gasteiger partial charge is 0.225 e. The van der Waals surface area contributed by atoms with E-state index < -0.39 is 0 Å². The molecule has 0 saturated heterocycles. The summed E-state index contributed by atoms with van der Waals surface area (Å²) in [5, 5.41) is 8.39. The fourth-order valence-corrected chi connectivity index (χ4v) is 2.28. The van der Waals surface area contributed by atoms with Crippen LogP contribution in [0.15, 0.2) is 0 Å². The first-order valence-electron chi connectivity index (χ1n) is 5.00. The normalized spacial score (nSPS) is 23.2. The molecule has 5 heteroatoms. The Bertz CT molecular complexity index is 321. The van der Waals surface area contributed by atoms with Crippen LogP contribution in [0.2, 0.25) is 5.28 Å². The highest BCUT2D eigenvalue weighted by molar-refractivity contribution is 6.28. The van der Waals surface area contributed by atoms with Crippen molar-refractivity contribution in [3.8, 4) is 0 Å². The molecule has 0 amide bonds. The maximum absolute atomic E-state index is 5.92. The Balaban J connectivity index is 2.08. The molecule has 4 nitrogen and oxygen atoms in total. The molecular formula is C9H15ClN4. The minimum Gasteiger partial charge on any atom is -0.328 e. The van der Waals surface area contributed by atoms with Gasteiger partial charge in [-0.3, -0.25) is 0 Å². The van der Waals surface area contributed by atoms with Crippen molar-refractivity contribution in [2.45, 2.75) is 38.8 Å². The molecule has 2 heterocycles. The summed E-state index contributed by atoms with van der Waals surface area (Å²) < 4.78 is 2.00. The molecule has 1 aliphatic heterocycles. The average molecular weight is 215 g/mol. The molecule has 2 atom stereocenters. The van der Waals surface area contributed by atoms with Crippen LogP contribution in [-0.2, 0) is 13.0 Å². The molecule has 0 fully saturated rings. The predicted molar refractivity (Wildman–Crippen MR) is 55.1 cm³/mol. The highest BCUT2D eigenvalue weighted by Crippen LogP contribution is 2.24. The number of aryl methyl sites for hydroxylation is 1. The number of aromatic nitrogens is 3. The standard InChI is InChI=1S/C9H15ClN4/c1-6(11)4-7-2-3-8-12-13-9(10)14(8)5-7/h6-7H,2-5,11H2,1H3. The van der Waals surface area contributed by atoms with E-state index in [-0.39, 0.29) is 6.04 Å². The van der Waals surface area contributed by atoms with Gasteiger partial charge in [0.15, 0.2) is 0 Å². The number of hydrogen-bond donors (Lipinski definition) is 1. The Labute approximate surface area is 88.5 Å². The summed E-state index contributed by atoms with van der Waals surface area (Å²) in [4.78, 5) is 0. The highest BCUT2D eigenvalue weighted by atomic mass is 35.5. The van der Waals surface area contributed by atoms with Crippen molar-refractivity contribution < 1.29 is 0 Å². The van der Waals surface area contributed by atoms with Crippen LogP contribution >= 0.6 is 11.6 Å². The SMILES string of the molecule is CC(N)CC1CCc2nnc(Cl)n2C1. The molecule has 78 valence electrons. The zero-order chi connectivity index (χ0) is 10.1. The van der Waals surface area contributed by atoms with Crippen molar-refractivity contribution in [3.05, 3.63) is 11.1 Å². The summed E-state index contributed by atoms with van der Waals surface area (Å²) in [6.45, 7) is 2.96. The van der Waals surface area contributed by atoms with E-state index in [1.165, 1.54) is 0 Å². The van der Waals surface area contributed by atoms with Gasteiger partial charge in [-0.15, -0.1) is 10.2 Å². The Morgan fingerprint density at radius 3 is 3.14 bits per heavy atom. The van der Waals surface area contributed by atoms with E-state index in [2.05, 4.69) is 10.2 Å². The lowest BCUT2D eigenvalue weighted by Gasteiger charge is -2.24. The minimum atomic E-state index is 0.261. The zero-order valence-electron chi connectivity index (χ0n) is 8.28. The Kier molecular flexibility index (Phi) is 2.74. The molecule has 1 aliphatic rings. The number of rotatable bonds is 2. The van der Waals surface area contributed by atoms with Gasteiger partial charge in [0.1, 0.15) is 5.82 Å². The predicted octanol–water partition coefficient (Wildman–Crippen LogP) is 1.23. The molecule has 2 N–H and O–H groups in total. The van der Waals surface area contributed by atoms with E-state index in [1.807, 2.05) is 11.5 Å². The molecule has 2 unspecified atom stereocenters. The molecule has 0 spiro atoms. The minimum absolute atomic E-state index is 0.261. The summed E-state index contributed by atoms with van der Waals surface area (Å²) in [7, 11) is 0. The number of halogens is 1. The number of nitrogens with two attached hydrogens (primary N) is 1. The lowest BCUT2D eigenvalue weighted by atomic mass is 9.93. The zero-order valence-corrected chi connectivity index (χ0v) is 9.04. The fourth-order valence-electron chi connectivity index (χ4n) is 2.08. The monoisotopic (exact) mass is 214 g/mol. The van der Waals surface area contributed by atoms with Gasteiger partial charge >= 0.3 is 0 Å². The van der Waals surface area contributed by atoms with Gasteiger partial charge in [-0.05, 0) is 37.3 Å². The van der Waals surface area contributed by atoms with Gasteiger partial charge in [0.05, 0.1) is 0 Å². The van der Waals surface area contributed by atoms with E-state index in [1.54, 1.807) is 0 Å². The maximum Gasteiger partial charge on any atom is 0.225 e. The molecule has 0 bridgehead atoms. The van der Waals surface area contributed by atoms with Crippen molar-refractivity contribution >= 4 is 11.6 Å². The second-order valence-electron chi connectivity index (χ2n) is 4.11. The van der Waals surface area contributed by atoms with Crippen molar-refractivity contribution in [2.24, 2.45) is 11.7 Å². The summed E-state index contributed by atoms with van der Waals surface area (Å²) >= 11 is 5.92. The van der Waals surface area contributed by atoms with Gasteiger partial charge in [-0.2, -0.15) is 0 Å². The maximum atomic E-state index is 5.92. The second-order valence-corrected chi connectivity index (χ2v) is 4.45. The third kappa shape index (κ3) is 1.91. The molecule has 14 heavy (non-hydrogen) atoms. The van der Waals surface area contributed by atoms with E-state index in [0.29, 0.717) is 11.2 Å². The van der Waals surface area contributed by atoms with Crippen LogP contribution in [0.3, 0.4) is 0 Å². The van der Waals surface area contributed by atoms with Gasteiger partial charge < -0.3 is 10.3 Å². The van der Waals surface area contributed by atoms with Gasteiger partial charge in [0.2, 0.25) is 5.28 Å². The van der Waals surface area contributed by atoms with E-state index in [0.717, 1.165) is 31.6 Å². The van der Waals surface area contributed by atoms with E-state index in [9.17, 15) is 0 Å². The van der Waals surface area contributed by atoms with Gasteiger partial charge in [-0.1, -0.05) is 0 Å². The molecule has 0 radical (unpaired) electrons. The largest absolute Gasteiger partial charge is 0.328 e. The van der Waals surface area contributed by atoms with E-state index in [4.69, 9.17) is 17.3 Å². The Hall–Kier alpha value is -0.610. The van der Waals surface area contributed by atoms with Crippen LogP contribution < -0.4 is 5.73 Å². The molecule has 0 saturated carbocycles. The lowest BCUT2D eigenvalue weighted by molar-refractivity contribution is 0.328. The van der Waals surface area contributed by atoms with Crippen LogP contribution in [0.5, 0.6) is 0 Å². The Morgan fingerprint density at radius 1 is 1.64 bits per heavy atom. The Morgan fingerprint density at radius 2 is 2.43 bits per heavy atom. The third-order valence-corrected chi connectivity index (χ3v) is 2.98. The van der Waals surface area contributed by atoms with Gasteiger partial charge in [-0.25, -0.2) is 0 Å². The van der Waals surface area contributed by atoms with Crippen LogP contribution in [0.25, 0.3) is 0 Å². The summed E-state index contributed by atoms with van der Waals surface area (Å²) in [5.41, 5.74) is 5.78. The highest BCUT2D eigenvalue weighted by Gasteiger charge is 2.22. The van der Waals surface area contributed by atoms with Crippen molar-refractivity contribution in [2.75, 3.05) is 0 Å². The topological polar surface area (TPSA) is 56.7 Å².